The molecule has 1 saturated heterocycles. The minimum atomic E-state index is -4.19. The fourth-order valence-electron chi connectivity index (χ4n) is 5.26. The number of benzene rings is 1. The van der Waals surface area contributed by atoms with Crippen LogP contribution in [0.4, 0.5) is 18.9 Å². The lowest BCUT2D eigenvalue weighted by Gasteiger charge is -2.35. The van der Waals surface area contributed by atoms with Gasteiger partial charge in [0.05, 0.1) is 23.7 Å². The number of pyridine rings is 1. The minimum absolute atomic E-state index is 0.0156. The topological polar surface area (TPSA) is 81.2 Å². The lowest BCUT2D eigenvalue weighted by Crippen LogP contribution is -2.49. The van der Waals surface area contributed by atoms with Crippen molar-refractivity contribution in [3.63, 3.8) is 0 Å². The maximum Gasteiger partial charge on any atom is 0.390 e. The van der Waals surface area contributed by atoms with Gasteiger partial charge in [0, 0.05) is 69.7 Å². The van der Waals surface area contributed by atoms with Gasteiger partial charge in [0.1, 0.15) is 0 Å². The Hall–Kier alpha value is -2.92. The third-order valence-electron chi connectivity index (χ3n) is 7.47. The summed E-state index contributed by atoms with van der Waals surface area (Å²) < 4.78 is 43.1. The number of hydrogen-bond acceptors (Lipinski definition) is 6. The third kappa shape index (κ3) is 8.78. The number of H-pyrrole nitrogens is 1. The number of methoxy groups -OCH3 is 1. The number of hydrazone groups is 1. The number of aryl methyl sites for hydroxylation is 1. The zero-order valence-corrected chi connectivity index (χ0v) is 25.4. The maximum absolute atomic E-state index is 13.6. The molecular formula is C30H46F3N5O3. The van der Waals surface area contributed by atoms with Gasteiger partial charge >= 0.3 is 6.18 Å². The molecule has 1 atom stereocenters. The number of rotatable bonds is 12. The number of aromatic nitrogens is 1. The number of hydrogen-bond donors (Lipinski definition) is 1. The number of halogens is 3. The van der Waals surface area contributed by atoms with Crippen LogP contribution in [-0.4, -0.2) is 86.1 Å². The number of ether oxygens (including phenoxy) is 1. The summed E-state index contributed by atoms with van der Waals surface area (Å²) in [4.78, 5) is 33.1. The molecule has 1 fully saturated rings. The van der Waals surface area contributed by atoms with Crippen molar-refractivity contribution in [2.75, 3.05) is 51.4 Å². The number of fused-ring (bicyclic) bond motifs is 1. The van der Waals surface area contributed by atoms with E-state index in [1.807, 2.05) is 38.8 Å². The fourth-order valence-corrected chi connectivity index (χ4v) is 5.26. The van der Waals surface area contributed by atoms with Gasteiger partial charge in [-0.2, -0.15) is 18.3 Å². The number of carbonyl (C=O) groups is 1. The monoisotopic (exact) mass is 581 g/mol. The van der Waals surface area contributed by atoms with Gasteiger partial charge in [0.2, 0.25) is 0 Å². The number of nitrogens with one attached hydrogen (secondary N) is 1. The van der Waals surface area contributed by atoms with Gasteiger partial charge in [-0.15, -0.1) is 0 Å². The van der Waals surface area contributed by atoms with E-state index in [4.69, 9.17) is 4.74 Å². The molecule has 1 aliphatic rings. The van der Waals surface area contributed by atoms with E-state index in [0.29, 0.717) is 72.5 Å². The number of amides is 1. The average Bonchev–Trinajstić information content (AvgIpc) is 2.95. The summed E-state index contributed by atoms with van der Waals surface area (Å²) in [6, 6.07) is 3.60. The summed E-state index contributed by atoms with van der Waals surface area (Å²) in [6.45, 7) is 15.6. The SMILES string of the molecule is C=NN(c1c(CC)c(=O)[nH]c2cc(C)c(C(=O)N3CCN(CCC(F)(F)F)CC3)cc12)C(CC)CCCOC.CC. The highest BCUT2D eigenvalue weighted by molar-refractivity contribution is 6.03. The van der Waals surface area contributed by atoms with Crippen LogP contribution in [-0.2, 0) is 11.2 Å². The summed E-state index contributed by atoms with van der Waals surface area (Å²) in [5, 5.41) is 6.87. The predicted molar refractivity (Wildman–Crippen MR) is 160 cm³/mol. The highest BCUT2D eigenvalue weighted by Gasteiger charge is 2.30. The third-order valence-corrected chi connectivity index (χ3v) is 7.47. The van der Waals surface area contributed by atoms with Gasteiger partial charge in [-0.1, -0.05) is 27.7 Å². The molecule has 0 aliphatic carbocycles. The largest absolute Gasteiger partial charge is 0.390 e. The van der Waals surface area contributed by atoms with Crippen molar-refractivity contribution in [3.05, 3.63) is 39.2 Å². The lowest BCUT2D eigenvalue weighted by molar-refractivity contribution is -0.138. The van der Waals surface area contributed by atoms with Crippen LogP contribution in [0.2, 0.25) is 0 Å². The first kappa shape index (κ1) is 34.3. The molecule has 1 aliphatic heterocycles. The number of aromatic amines is 1. The van der Waals surface area contributed by atoms with Gasteiger partial charge in [-0.25, -0.2) is 0 Å². The molecule has 2 aromatic rings. The quantitative estimate of drug-likeness (QED) is 0.196. The Morgan fingerprint density at radius 3 is 2.39 bits per heavy atom. The van der Waals surface area contributed by atoms with E-state index in [9.17, 15) is 22.8 Å². The summed E-state index contributed by atoms with van der Waals surface area (Å²) in [7, 11) is 1.66. The number of carbonyl (C=O) groups excluding carboxylic acids is 1. The standard InChI is InChI=1S/C28H40F3N5O3.C2H6/c1-6-20(9-8-16-39-5)36(32-4)25-21(7-2)26(37)33-24-17-19(3)22(18-23(24)25)27(38)35-14-12-34(13-15-35)11-10-28(29,30)31;1-2/h17-18,20H,4,6-16H2,1-3,5H3,(H,33,37);1-2H3. The molecule has 11 heteroatoms. The Morgan fingerprint density at radius 2 is 1.85 bits per heavy atom. The van der Waals surface area contributed by atoms with Gasteiger partial charge in [0.25, 0.3) is 11.5 Å². The molecule has 230 valence electrons. The van der Waals surface area contributed by atoms with Crippen LogP contribution in [0.3, 0.4) is 0 Å². The van der Waals surface area contributed by atoms with E-state index >= 15 is 0 Å². The summed E-state index contributed by atoms with van der Waals surface area (Å²) in [5.74, 6) is -0.176. The fraction of sp³-hybridized carbons (Fsp3) is 0.633. The number of nitrogens with zero attached hydrogens (tertiary/aromatic N) is 4. The average molecular weight is 582 g/mol. The molecule has 3 rings (SSSR count). The first-order valence-corrected chi connectivity index (χ1v) is 14.6. The van der Waals surface area contributed by atoms with Crippen LogP contribution in [0.25, 0.3) is 10.9 Å². The zero-order chi connectivity index (χ0) is 30.7. The molecule has 1 unspecified atom stereocenters. The second-order valence-electron chi connectivity index (χ2n) is 10.0. The van der Waals surface area contributed by atoms with Crippen molar-refractivity contribution < 1.29 is 22.7 Å². The molecule has 0 bridgehead atoms. The normalized spacial score (nSPS) is 14.9. The first-order chi connectivity index (χ1) is 19.5. The van der Waals surface area contributed by atoms with Gasteiger partial charge < -0.3 is 14.6 Å². The van der Waals surface area contributed by atoms with Gasteiger partial charge in [-0.3, -0.25) is 19.5 Å². The minimum Gasteiger partial charge on any atom is -0.385 e. The Kier molecular flexibility index (Phi) is 13.3. The van der Waals surface area contributed by atoms with Crippen LogP contribution < -0.4 is 10.6 Å². The van der Waals surface area contributed by atoms with E-state index in [-0.39, 0.29) is 24.1 Å². The Bertz CT molecular complexity index is 1210. The smallest absolute Gasteiger partial charge is 0.385 e. The number of piperazine rings is 1. The Labute approximate surface area is 241 Å². The second kappa shape index (κ2) is 15.9. The van der Waals surface area contributed by atoms with E-state index < -0.39 is 12.6 Å². The lowest BCUT2D eigenvalue weighted by atomic mass is 9.98. The first-order valence-electron chi connectivity index (χ1n) is 14.6. The van der Waals surface area contributed by atoms with Crippen molar-refractivity contribution >= 4 is 29.2 Å². The molecule has 0 spiro atoms. The summed E-state index contributed by atoms with van der Waals surface area (Å²) in [6.07, 6.45) is -2.20. The van der Waals surface area contributed by atoms with Crippen LogP contribution in [0.1, 0.15) is 74.9 Å². The Morgan fingerprint density at radius 1 is 1.20 bits per heavy atom. The highest BCUT2D eigenvalue weighted by Crippen LogP contribution is 2.34. The molecule has 1 N–H and O–H groups in total. The van der Waals surface area contributed by atoms with E-state index in [1.165, 1.54) is 0 Å². The van der Waals surface area contributed by atoms with Crippen molar-refractivity contribution in [2.24, 2.45) is 5.10 Å². The molecule has 1 aromatic carbocycles. The molecule has 1 aromatic heterocycles. The second-order valence-corrected chi connectivity index (χ2v) is 10.0. The molecule has 0 radical (unpaired) electrons. The van der Waals surface area contributed by atoms with Gasteiger partial charge in [-0.05, 0) is 50.3 Å². The number of alkyl halides is 3. The van der Waals surface area contributed by atoms with Crippen LogP contribution in [0.5, 0.6) is 0 Å². The van der Waals surface area contributed by atoms with E-state index in [0.717, 1.165) is 19.3 Å². The van der Waals surface area contributed by atoms with E-state index in [2.05, 4.69) is 23.7 Å². The molecule has 0 saturated carbocycles. The van der Waals surface area contributed by atoms with Crippen LogP contribution in [0, 0.1) is 6.92 Å². The summed E-state index contributed by atoms with van der Waals surface area (Å²) >= 11 is 0. The predicted octanol–water partition coefficient (Wildman–Crippen LogP) is 5.76. The van der Waals surface area contributed by atoms with Crippen molar-refractivity contribution in [2.45, 2.75) is 78.9 Å². The molecule has 1 amide bonds. The molecule has 2 heterocycles. The van der Waals surface area contributed by atoms with Crippen LogP contribution in [0.15, 0.2) is 22.0 Å². The van der Waals surface area contributed by atoms with Crippen molar-refractivity contribution in [1.82, 2.24) is 14.8 Å². The van der Waals surface area contributed by atoms with Gasteiger partial charge in [0.15, 0.2) is 0 Å². The molecular weight excluding hydrogens is 535 g/mol. The van der Waals surface area contributed by atoms with E-state index in [1.54, 1.807) is 23.0 Å². The Balaban J connectivity index is 0.00000287. The highest BCUT2D eigenvalue weighted by atomic mass is 19.4. The number of anilines is 1. The molecule has 41 heavy (non-hydrogen) atoms. The van der Waals surface area contributed by atoms with Crippen molar-refractivity contribution in [1.29, 1.82) is 0 Å². The van der Waals surface area contributed by atoms with Crippen molar-refractivity contribution in [3.8, 4) is 0 Å². The zero-order valence-electron chi connectivity index (χ0n) is 25.4. The van der Waals surface area contributed by atoms with Crippen LogP contribution >= 0.6 is 0 Å². The maximum atomic E-state index is 13.6. The molecule has 8 nitrogen and oxygen atoms in total. The summed E-state index contributed by atoms with van der Waals surface area (Å²) in [5.41, 5.74) is 2.84.